The number of alkyl halides is 4. The molecule has 19 heavy (non-hydrogen) atoms. The molecule has 0 amide bonds. The maximum atomic E-state index is 13.2. The SMILES string of the molecule is NC(F)(F)CCCCSCNC(F)(F)CCCCS. The molecule has 2 nitrogen and oxygen atoms in total. The highest BCUT2D eigenvalue weighted by atomic mass is 32.2. The van der Waals surface area contributed by atoms with Crippen molar-refractivity contribution in [3.63, 3.8) is 0 Å². The lowest BCUT2D eigenvalue weighted by atomic mass is 10.2. The third-order valence-corrected chi connectivity index (χ3v) is 3.62. The third-order valence-electron chi connectivity index (χ3n) is 2.38. The summed E-state index contributed by atoms with van der Waals surface area (Å²) in [6.45, 7) is 0. The van der Waals surface area contributed by atoms with Gasteiger partial charge in [-0.15, -0.1) is 11.8 Å². The number of halogens is 4. The van der Waals surface area contributed by atoms with Crippen LogP contribution in [0, 0.1) is 0 Å². The molecule has 0 aliphatic heterocycles. The van der Waals surface area contributed by atoms with Crippen molar-refractivity contribution in [1.82, 2.24) is 5.32 Å². The maximum Gasteiger partial charge on any atom is 0.303 e. The minimum absolute atomic E-state index is 0.118. The van der Waals surface area contributed by atoms with E-state index < -0.39 is 12.1 Å². The van der Waals surface area contributed by atoms with Crippen LogP contribution in [0.15, 0.2) is 0 Å². The zero-order valence-electron chi connectivity index (χ0n) is 10.8. The predicted molar refractivity (Wildman–Crippen MR) is 76.1 cm³/mol. The summed E-state index contributed by atoms with van der Waals surface area (Å²) >= 11 is 5.23. The molecule has 0 spiro atoms. The molecule has 0 unspecified atom stereocenters. The van der Waals surface area contributed by atoms with Gasteiger partial charge in [0.15, 0.2) is 0 Å². The number of thiol groups is 1. The number of thioether (sulfide) groups is 1. The van der Waals surface area contributed by atoms with Gasteiger partial charge in [-0.25, -0.2) is 5.32 Å². The largest absolute Gasteiger partial charge is 0.303 e. The first-order valence-corrected chi connectivity index (χ1v) is 8.04. The van der Waals surface area contributed by atoms with E-state index in [1.165, 1.54) is 11.8 Å². The molecule has 0 aromatic rings. The number of nitrogens with two attached hydrogens (primary N) is 1. The zero-order valence-corrected chi connectivity index (χ0v) is 12.5. The van der Waals surface area contributed by atoms with E-state index in [0.29, 0.717) is 37.2 Å². The molecule has 0 saturated carbocycles. The van der Waals surface area contributed by atoms with E-state index in [4.69, 9.17) is 0 Å². The van der Waals surface area contributed by atoms with Gasteiger partial charge in [0, 0.05) is 18.7 Å². The summed E-state index contributed by atoms with van der Waals surface area (Å²) < 4.78 is 50.9. The fourth-order valence-corrected chi connectivity index (χ4v) is 2.43. The van der Waals surface area contributed by atoms with Crippen LogP contribution in [0.25, 0.3) is 0 Å². The summed E-state index contributed by atoms with van der Waals surface area (Å²) in [6.07, 6.45) is 1.38. The topological polar surface area (TPSA) is 38.0 Å². The Morgan fingerprint density at radius 2 is 1.63 bits per heavy atom. The smallest absolute Gasteiger partial charge is 0.272 e. The molecule has 0 fully saturated rings. The molecular weight excluding hydrogens is 300 g/mol. The van der Waals surface area contributed by atoms with Crippen molar-refractivity contribution in [2.75, 3.05) is 17.4 Å². The van der Waals surface area contributed by atoms with Crippen LogP contribution in [0.5, 0.6) is 0 Å². The Bertz CT molecular complexity index is 225. The van der Waals surface area contributed by atoms with Crippen molar-refractivity contribution in [2.45, 2.75) is 50.6 Å². The molecule has 0 rings (SSSR count). The lowest BCUT2D eigenvalue weighted by Gasteiger charge is -2.17. The summed E-state index contributed by atoms with van der Waals surface area (Å²) in [6, 6.07) is -5.98. The second-order valence-corrected chi connectivity index (χ2v) is 5.89. The van der Waals surface area contributed by atoms with Crippen LogP contribution in [0.2, 0.25) is 0 Å². The van der Waals surface area contributed by atoms with Crippen molar-refractivity contribution >= 4 is 24.4 Å². The van der Waals surface area contributed by atoms with Crippen molar-refractivity contribution < 1.29 is 17.6 Å². The average molecular weight is 322 g/mol. The Kier molecular flexibility index (Phi) is 10.3. The Balaban J connectivity index is 3.42. The quantitative estimate of drug-likeness (QED) is 0.169. The van der Waals surface area contributed by atoms with Gasteiger partial charge in [0.1, 0.15) is 0 Å². The molecule has 116 valence electrons. The van der Waals surface area contributed by atoms with Gasteiger partial charge in [-0.3, -0.25) is 5.73 Å². The molecule has 0 aliphatic carbocycles. The highest BCUT2D eigenvalue weighted by molar-refractivity contribution is 7.99. The second-order valence-electron chi connectivity index (χ2n) is 4.33. The maximum absolute atomic E-state index is 13.2. The number of hydrogen-bond donors (Lipinski definition) is 3. The molecule has 0 radical (unpaired) electrons. The molecule has 0 bridgehead atoms. The molecule has 8 heteroatoms. The van der Waals surface area contributed by atoms with Crippen LogP contribution < -0.4 is 11.1 Å². The molecule has 0 heterocycles. The highest BCUT2D eigenvalue weighted by Gasteiger charge is 2.26. The van der Waals surface area contributed by atoms with Gasteiger partial charge in [-0.2, -0.15) is 30.2 Å². The molecule has 0 aromatic heterocycles. The first kappa shape index (κ1) is 19.3. The van der Waals surface area contributed by atoms with Gasteiger partial charge in [0.2, 0.25) is 0 Å². The molecule has 3 N–H and O–H groups in total. The minimum Gasteiger partial charge on any atom is -0.272 e. The summed E-state index contributed by atoms with van der Waals surface area (Å²) in [5, 5.41) is 2.16. The van der Waals surface area contributed by atoms with Crippen LogP contribution >= 0.6 is 24.4 Å². The lowest BCUT2D eigenvalue weighted by Crippen LogP contribution is -2.36. The van der Waals surface area contributed by atoms with E-state index in [2.05, 4.69) is 23.7 Å². The number of unbranched alkanes of at least 4 members (excludes halogenated alkanes) is 2. The van der Waals surface area contributed by atoms with Gasteiger partial charge in [0.25, 0.3) is 6.05 Å². The van der Waals surface area contributed by atoms with E-state index in [9.17, 15) is 17.6 Å². The Labute approximate surface area is 121 Å². The monoisotopic (exact) mass is 322 g/mol. The highest BCUT2D eigenvalue weighted by Crippen LogP contribution is 2.20. The fourth-order valence-electron chi connectivity index (χ4n) is 1.34. The third kappa shape index (κ3) is 14.6. The molecule has 0 atom stereocenters. The molecule has 0 aromatic carbocycles. The van der Waals surface area contributed by atoms with Crippen LogP contribution in [-0.4, -0.2) is 29.5 Å². The average Bonchev–Trinajstić information content (AvgIpc) is 2.26. The van der Waals surface area contributed by atoms with Gasteiger partial charge < -0.3 is 0 Å². The van der Waals surface area contributed by atoms with E-state index in [0.717, 1.165) is 0 Å². The fraction of sp³-hybridized carbons (Fsp3) is 1.00. The first-order valence-electron chi connectivity index (χ1n) is 6.25. The molecule has 0 aliphatic rings. The minimum atomic E-state index is -3.12. The number of rotatable bonds is 12. The molecule has 0 saturated heterocycles. The Morgan fingerprint density at radius 1 is 1.00 bits per heavy atom. The van der Waals surface area contributed by atoms with E-state index in [1.54, 1.807) is 0 Å². The summed E-state index contributed by atoms with van der Waals surface area (Å²) in [5.74, 6) is 1.29. The van der Waals surface area contributed by atoms with E-state index in [1.807, 2.05) is 0 Å². The lowest BCUT2D eigenvalue weighted by molar-refractivity contribution is -0.0386. The predicted octanol–water partition coefficient (Wildman–Crippen LogP) is 3.68. The Morgan fingerprint density at radius 3 is 2.21 bits per heavy atom. The van der Waals surface area contributed by atoms with E-state index in [-0.39, 0.29) is 18.7 Å². The zero-order chi connectivity index (χ0) is 14.8. The number of nitrogens with one attached hydrogen (secondary N) is 1. The van der Waals surface area contributed by atoms with Crippen molar-refractivity contribution in [3.8, 4) is 0 Å². The van der Waals surface area contributed by atoms with Gasteiger partial charge in [-0.05, 0) is 37.2 Å². The summed E-state index contributed by atoms with van der Waals surface area (Å²) in [4.78, 5) is 0. The van der Waals surface area contributed by atoms with Crippen LogP contribution in [-0.2, 0) is 0 Å². The first-order chi connectivity index (χ1) is 8.77. The van der Waals surface area contributed by atoms with Gasteiger partial charge in [0.05, 0.1) is 0 Å². The van der Waals surface area contributed by atoms with E-state index >= 15 is 0 Å². The van der Waals surface area contributed by atoms with Crippen LogP contribution in [0.3, 0.4) is 0 Å². The van der Waals surface area contributed by atoms with Crippen molar-refractivity contribution in [3.05, 3.63) is 0 Å². The van der Waals surface area contributed by atoms with Crippen molar-refractivity contribution in [2.24, 2.45) is 5.73 Å². The van der Waals surface area contributed by atoms with Crippen LogP contribution in [0.1, 0.15) is 38.5 Å². The van der Waals surface area contributed by atoms with Gasteiger partial charge in [-0.1, -0.05) is 0 Å². The molecular formula is C11H22F4N2S2. The van der Waals surface area contributed by atoms with Crippen LogP contribution in [0.4, 0.5) is 17.6 Å². The Hall–Kier alpha value is 0.340. The van der Waals surface area contributed by atoms with Crippen molar-refractivity contribution in [1.29, 1.82) is 0 Å². The number of hydrogen-bond acceptors (Lipinski definition) is 4. The van der Waals surface area contributed by atoms with Gasteiger partial charge >= 0.3 is 6.05 Å². The normalized spacial score (nSPS) is 12.9. The summed E-state index contributed by atoms with van der Waals surface area (Å²) in [7, 11) is 0. The standard InChI is InChI=1S/C11H22F4N2S2/c12-10(13,16)5-2-4-8-19-9-17-11(14,15)6-1-3-7-18/h17-18H,1-9,16H2. The summed E-state index contributed by atoms with van der Waals surface area (Å²) in [5.41, 5.74) is 4.53. The second kappa shape index (κ2) is 10.1.